The van der Waals surface area contributed by atoms with Crippen LogP contribution in [0.5, 0.6) is 0 Å². The number of rotatable bonds is 2. The Morgan fingerprint density at radius 2 is 2.14 bits per heavy atom. The van der Waals surface area contributed by atoms with Gasteiger partial charge in [0.1, 0.15) is 0 Å². The van der Waals surface area contributed by atoms with Crippen LogP contribution >= 0.6 is 0 Å². The van der Waals surface area contributed by atoms with Gasteiger partial charge in [0.25, 0.3) is 0 Å². The number of ether oxygens (including phenoxy) is 1. The molecule has 0 atom stereocenters. The van der Waals surface area contributed by atoms with Crippen LogP contribution in [-0.2, 0) is 15.2 Å². The van der Waals surface area contributed by atoms with Gasteiger partial charge in [-0.25, -0.2) is 4.79 Å². The van der Waals surface area contributed by atoms with Crippen LogP contribution in [0.2, 0.25) is 0 Å². The lowest BCUT2D eigenvalue weighted by atomic mass is 10.2. The van der Waals surface area contributed by atoms with E-state index in [2.05, 4.69) is 9.10 Å². The highest BCUT2D eigenvalue weighted by Crippen LogP contribution is 2.14. The Labute approximate surface area is 82.0 Å². The van der Waals surface area contributed by atoms with Gasteiger partial charge in [0, 0.05) is 0 Å². The number of methoxy groups -OCH3 is 1. The van der Waals surface area contributed by atoms with E-state index >= 15 is 0 Å². The molecule has 0 bridgehead atoms. The molecule has 0 aliphatic heterocycles. The van der Waals surface area contributed by atoms with E-state index in [1.54, 1.807) is 0 Å². The normalized spacial score (nSPS) is 9.21. The Morgan fingerprint density at radius 3 is 2.71 bits per heavy atom. The first-order valence-electron chi connectivity index (χ1n) is 3.63. The Hall–Kier alpha value is -1.69. The average Bonchev–Trinajstić information content (AvgIpc) is 2.16. The molecule has 0 aliphatic carbocycles. The highest BCUT2D eigenvalue weighted by atomic mass is 32.2. The number of carbonyl (C=O) groups is 1. The third kappa shape index (κ3) is 2.67. The minimum atomic E-state index is -2.52. The van der Waals surface area contributed by atoms with Gasteiger partial charge in [-0.1, -0.05) is 6.07 Å². The molecule has 0 aliphatic rings. The first kappa shape index (κ1) is 10.4. The van der Waals surface area contributed by atoms with Gasteiger partial charge in [0.15, 0.2) is 0 Å². The van der Waals surface area contributed by atoms with Crippen LogP contribution in [0.3, 0.4) is 0 Å². The molecular formula is C8H7NO4S. The van der Waals surface area contributed by atoms with E-state index < -0.39 is 16.5 Å². The first-order valence-corrected chi connectivity index (χ1v) is 4.66. The molecule has 0 N–H and O–H groups in total. The van der Waals surface area contributed by atoms with Crippen LogP contribution in [0, 0.1) is 0 Å². The van der Waals surface area contributed by atoms with Crippen molar-refractivity contribution in [2.45, 2.75) is 0 Å². The maximum Gasteiger partial charge on any atom is 0.337 e. The first-order chi connectivity index (χ1) is 6.63. The summed E-state index contributed by atoms with van der Waals surface area (Å²) in [6, 6.07) is 5.85. The average molecular weight is 213 g/mol. The van der Waals surface area contributed by atoms with Crippen molar-refractivity contribution in [3.05, 3.63) is 29.8 Å². The summed E-state index contributed by atoms with van der Waals surface area (Å²) in [6.45, 7) is 0. The van der Waals surface area contributed by atoms with E-state index in [1.165, 1.54) is 31.4 Å². The van der Waals surface area contributed by atoms with Crippen LogP contribution in [0.4, 0.5) is 5.69 Å². The summed E-state index contributed by atoms with van der Waals surface area (Å²) in [6.07, 6.45) is 0. The van der Waals surface area contributed by atoms with Crippen molar-refractivity contribution in [1.82, 2.24) is 0 Å². The number of hydrogen-bond acceptors (Lipinski definition) is 5. The predicted octanol–water partition coefficient (Wildman–Crippen LogP) is 1.17. The molecule has 0 unspecified atom stereocenters. The molecule has 0 saturated heterocycles. The second-order valence-electron chi connectivity index (χ2n) is 2.35. The highest BCUT2D eigenvalue weighted by Gasteiger charge is 2.04. The van der Waals surface area contributed by atoms with Crippen molar-refractivity contribution in [3.63, 3.8) is 0 Å². The molecule has 5 nitrogen and oxygen atoms in total. The van der Waals surface area contributed by atoms with Crippen molar-refractivity contribution >= 4 is 22.2 Å². The van der Waals surface area contributed by atoms with E-state index in [4.69, 9.17) is 0 Å². The third-order valence-electron chi connectivity index (χ3n) is 1.45. The summed E-state index contributed by atoms with van der Waals surface area (Å²) >= 11 is 0. The maximum atomic E-state index is 11.0. The maximum absolute atomic E-state index is 11.0. The molecule has 0 spiro atoms. The molecule has 14 heavy (non-hydrogen) atoms. The molecule has 0 radical (unpaired) electrons. The minimum Gasteiger partial charge on any atom is -0.465 e. The SMILES string of the molecule is COC(=O)c1cccc(N=S(=O)=O)c1. The van der Waals surface area contributed by atoms with Crippen molar-refractivity contribution < 1.29 is 17.9 Å². The fourth-order valence-electron chi connectivity index (χ4n) is 0.894. The molecule has 0 heterocycles. The number of nitrogens with zero attached hydrogens (tertiary/aromatic N) is 1. The molecule has 0 aromatic heterocycles. The zero-order valence-corrected chi connectivity index (χ0v) is 8.11. The molecule has 74 valence electrons. The minimum absolute atomic E-state index is 0.196. The largest absolute Gasteiger partial charge is 0.465 e. The third-order valence-corrected chi connectivity index (χ3v) is 1.81. The van der Waals surface area contributed by atoms with E-state index in [-0.39, 0.29) is 11.3 Å². The fraction of sp³-hybridized carbons (Fsp3) is 0.125. The van der Waals surface area contributed by atoms with Crippen molar-refractivity contribution in [2.75, 3.05) is 7.11 Å². The van der Waals surface area contributed by atoms with Gasteiger partial charge in [0.05, 0.1) is 18.4 Å². The number of benzene rings is 1. The van der Waals surface area contributed by atoms with Gasteiger partial charge in [0.2, 0.25) is 0 Å². The topological polar surface area (TPSA) is 72.8 Å². The smallest absolute Gasteiger partial charge is 0.337 e. The number of carbonyl (C=O) groups excluding carboxylic acids is 1. The number of esters is 1. The Bertz CT molecular complexity index is 470. The standard InChI is InChI=1S/C8H7NO4S/c1-13-8(10)6-3-2-4-7(5-6)9-14(11)12/h2-5H,1H3. The monoisotopic (exact) mass is 213 g/mol. The van der Waals surface area contributed by atoms with Gasteiger partial charge in [-0.2, -0.15) is 8.42 Å². The Kier molecular flexibility index (Phi) is 3.35. The van der Waals surface area contributed by atoms with Crippen LogP contribution < -0.4 is 0 Å². The molecule has 0 amide bonds. The Morgan fingerprint density at radius 1 is 1.43 bits per heavy atom. The second-order valence-corrected chi connectivity index (χ2v) is 2.97. The summed E-state index contributed by atoms with van der Waals surface area (Å²) in [5.74, 6) is -0.529. The van der Waals surface area contributed by atoms with Crippen molar-refractivity contribution in [1.29, 1.82) is 0 Å². The van der Waals surface area contributed by atoms with E-state index in [9.17, 15) is 13.2 Å². The molecule has 6 heteroatoms. The fourth-order valence-corrected chi connectivity index (χ4v) is 1.18. The summed E-state index contributed by atoms with van der Waals surface area (Å²) in [4.78, 5) is 11.0. The van der Waals surface area contributed by atoms with E-state index in [0.29, 0.717) is 0 Å². The molecule has 1 aromatic rings. The van der Waals surface area contributed by atoms with Crippen molar-refractivity contribution in [3.8, 4) is 0 Å². The molecule has 0 saturated carbocycles. The van der Waals surface area contributed by atoms with Gasteiger partial charge in [-0.3, -0.25) is 0 Å². The Balaban J connectivity index is 3.13. The van der Waals surface area contributed by atoms with Crippen LogP contribution in [-0.4, -0.2) is 21.5 Å². The zero-order valence-electron chi connectivity index (χ0n) is 7.30. The van der Waals surface area contributed by atoms with Gasteiger partial charge in [-0.05, 0) is 18.2 Å². The molecule has 0 fully saturated rings. The second kappa shape index (κ2) is 4.52. The van der Waals surface area contributed by atoms with Gasteiger partial charge >= 0.3 is 16.5 Å². The zero-order chi connectivity index (χ0) is 10.6. The van der Waals surface area contributed by atoms with Gasteiger partial charge < -0.3 is 4.74 Å². The van der Waals surface area contributed by atoms with Crippen LogP contribution in [0.25, 0.3) is 0 Å². The summed E-state index contributed by atoms with van der Waals surface area (Å²) in [7, 11) is -1.27. The van der Waals surface area contributed by atoms with E-state index in [1.807, 2.05) is 0 Å². The summed E-state index contributed by atoms with van der Waals surface area (Å²) in [5.41, 5.74) is 0.459. The molecule has 1 rings (SSSR count). The molecular weight excluding hydrogens is 206 g/mol. The lowest BCUT2D eigenvalue weighted by molar-refractivity contribution is 0.0601. The highest BCUT2D eigenvalue weighted by molar-refractivity contribution is 7.61. The van der Waals surface area contributed by atoms with Gasteiger partial charge in [-0.15, -0.1) is 4.36 Å². The molecule has 1 aromatic carbocycles. The predicted molar refractivity (Wildman–Crippen MR) is 48.8 cm³/mol. The lowest BCUT2D eigenvalue weighted by Crippen LogP contribution is -1.99. The van der Waals surface area contributed by atoms with Crippen LogP contribution in [0.1, 0.15) is 10.4 Å². The summed E-state index contributed by atoms with van der Waals surface area (Å²) in [5, 5.41) is 0. The quantitative estimate of drug-likeness (QED) is 0.691. The summed E-state index contributed by atoms with van der Waals surface area (Å²) < 4.78 is 28.2. The number of hydrogen-bond donors (Lipinski definition) is 0. The van der Waals surface area contributed by atoms with Crippen LogP contribution in [0.15, 0.2) is 28.6 Å². The van der Waals surface area contributed by atoms with Crippen molar-refractivity contribution in [2.24, 2.45) is 4.36 Å². The van der Waals surface area contributed by atoms with E-state index in [0.717, 1.165) is 0 Å². The lowest BCUT2D eigenvalue weighted by Gasteiger charge is -1.98.